The second-order valence-electron chi connectivity index (χ2n) is 8.02. The lowest BCUT2D eigenvalue weighted by atomic mass is 9.95. The highest BCUT2D eigenvalue weighted by atomic mass is 16.5. The second kappa shape index (κ2) is 8.84. The number of fused-ring (bicyclic) bond motifs is 1. The van der Waals surface area contributed by atoms with Crippen LogP contribution in [0.2, 0.25) is 0 Å². The molecule has 32 heavy (non-hydrogen) atoms. The van der Waals surface area contributed by atoms with E-state index in [1.807, 2.05) is 55.5 Å². The van der Waals surface area contributed by atoms with Crippen LogP contribution in [-0.4, -0.2) is 50.0 Å². The van der Waals surface area contributed by atoms with Crippen LogP contribution in [0.1, 0.15) is 31.6 Å². The average molecular weight is 428 g/mol. The van der Waals surface area contributed by atoms with Crippen LogP contribution >= 0.6 is 0 Å². The van der Waals surface area contributed by atoms with Crippen molar-refractivity contribution in [1.29, 1.82) is 0 Å². The predicted molar refractivity (Wildman–Crippen MR) is 121 cm³/mol. The van der Waals surface area contributed by atoms with Crippen molar-refractivity contribution in [2.75, 3.05) is 18.4 Å². The standard InChI is InChI=1S/C24H24N6O2/c1-16(23(31)27-20-9-4-8-19-18(20)6-5-13-25-19)30-14-10-17(11-15-30)24-28-22(29-32-24)21-7-2-3-12-26-21/h2-9,12-13,16-17H,10-11,14-15H2,1H3,(H,27,31). The van der Waals surface area contributed by atoms with E-state index >= 15 is 0 Å². The SMILES string of the molecule is CC(C(=O)Nc1cccc2ncccc12)N1CCC(c2nc(-c3ccccn3)no2)CC1. The summed E-state index contributed by atoms with van der Waals surface area (Å²) in [5.41, 5.74) is 2.35. The van der Waals surface area contributed by atoms with Crippen LogP contribution in [0.5, 0.6) is 0 Å². The molecule has 1 amide bonds. The Balaban J connectivity index is 1.20. The zero-order valence-electron chi connectivity index (χ0n) is 17.8. The topological polar surface area (TPSA) is 97.0 Å². The molecule has 3 aromatic heterocycles. The van der Waals surface area contributed by atoms with Crippen LogP contribution in [0, 0.1) is 0 Å². The number of rotatable bonds is 5. The Hall–Kier alpha value is -3.65. The zero-order chi connectivity index (χ0) is 21.9. The molecule has 1 aliphatic rings. The maximum absolute atomic E-state index is 12.9. The number of aromatic nitrogens is 4. The summed E-state index contributed by atoms with van der Waals surface area (Å²) >= 11 is 0. The van der Waals surface area contributed by atoms with Gasteiger partial charge in [0.1, 0.15) is 5.69 Å². The Morgan fingerprint density at radius 2 is 1.91 bits per heavy atom. The number of carbonyl (C=O) groups is 1. The van der Waals surface area contributed by atoms with Crippen molar-refractivity contribution in [3.8, 4) is 11.5 Å². The third-order valence-corrected chi connectivity index (χ3v) is 6.05. The lowest BCUT2D eigenvalue weighted by molar-refractivity contribution is -0.121. The van der Waals surface area contributed by atoms with E-state index in [0.29, 0.717) is 17.4 Å². The minimum atomic E-state index is -0.241. The van der Waals surface area contributed by atoms with Crippen LogP contribution in [0.3, 0.4) is 0 Å². The van der Waals surface area contributed by atoms with E-state index in [-0.39, 0.29) is 17.9 Å². The lowest BCUT2D eigenvalue weighted by Crippen LogP contribution is -2.45. The average Bonchev–Trinajstić information content (AvgIpc) is 3.35. The molecule has 0 aliphatic carbocycles. The van der Waals surface area contributed by atoms with E-state index in [4.69, 9.17) is 4.52 Å². The first kappa shape index (κ1) is 20.3. The van der Waals surface area contributed by atoms with E-state index in [9.17, 15) is 4.79 Å². The third-order valence-electron chi connectivity index (χ3n) is 6.05. The number of anilines is 1. The Kier molecular flexibility index (Phi) is 5.60. The molecule has 8 heteroatoms. The van der Waals surface area contributed by atoms with Gasteiger partial charge in [-0.1, -0.05) is 17.3 Å². The summed E-state index contributed by atoms with van der Waals surface area (Å²) in [7, 11) is 0. The molecule has 1 saturated heterocycles. The molecule has 1 N–H and O–H groups in total. The predicted octanol–water partition coefficient (Wildman–Crippen LogP) is 3.89. The van der Waals surface area contributed by atoms with Crippen molar-refractivity contribution in [1.82, 2.24) is 25.0 Å². The van der Waals surface area contributed by atoms with Crippen LogP contribution < -0.4 is 5.32 Å². The first-order chi connectivity index (χ1) is 15.7. The summed E-state index contributed by atoms with van der Waals surface area (Å²) in [6.45, 7) is 3.53. The molecule has 4 aromatic rings. The Morgan fingerprint density at radius 1 is 1.06 bits per heavy atom. The number of benzene rings is 1. The van der Waals surface area contributed by atoms with E-state index in [0.717, 1.165) is 42.5 Å². The molecule has 1 unspecified atom stereocenters. The van der Waals surface area contributed by atoms with Crippen LogP contribution in [0.15, 0.2) is 65.4 Å². The number of piperidine rings is 1. The van der Waals surface area contributed by atoms with Gasteiger partial charge in [0, 0.05) is 23.7 Å². The molecule has 1 aliphatic heterocycles. The number of nitrogens with zero attached hydrogens (tertiary/aromatic N) is 5. The van der Waals surface area contributed by atoms with Crippen molar-refractivity contribution in [2.24, 2.45) is 0 Å². The first-order valence-electron chi connectivity index (χ1n) is 10.8. The highest BCUT2D eigenvalue weighted by Gasteiger charge is 2.30. The molecule has 0 radical (unpaired) electrons. The number of pyridine rings is 2. The quantitative estimate of drug-likeness (QED) is 0.515. The molecule has 1 fully saturated rings. The highest BCUT2D eigenvalue weighted by Crippen LogP contribution is 2.29. The van der Waals surface area contributed by atoms with Gasteiger partial charge in [-0.2, -0.15) is 4.98 Å². The van der Waals surface area contributed by atoms with Gasteiger partial charge in [0.05, 0.1) is 17.2 Å². The largest absolute Gasteiger partial charge is 0.339 e. The summed E-state index contributed by atoms with van der Waals surface area (Å²) in [5.74, 6) is 1.33. The normalized spacial score (nSPS) is 16.2. The van der Waals surface area contributed by atoms with E-state index in [1.54, 1.807) is 12.4 Å². The number of likely N-dealkylation sites (tertiary alicyclic amines) is 1. The number of hydrogen-bond acceptors (Lipinski definition) is 7. The Morgan fingerprint density at radius 3 is 2.72 bits per heavy atom. The summed E-state index contributed by atoms with van der Waals surface area (Å²) in [4.78, 5) is 28.3. The molecule has 1 aromatic carbocycles. The van der Waals surface area contributed by atoms with E-state index < -0.39 is 0 Å². The monoisotopic (exact) mass is 428 g/mol. The maximum atomic E-state index is 12.9. The van der Waals surface area contributed by atoms with Crippen molar-refractivity contribution < 1.29 is 9.32 Å². The van der Waals surface area contributed by atoms with Gasteiger partial charge in [-0.05, 0) is 69.3 Å². The molecule has 0 spiro atoms. The molecule has 1 atom stereocenters. The van der Waals surface area contributed by atoms with Crippen molar-refractivity contribution in [3.63, 3.8) is 0 Å². The minimum absolute atomic E-state index is 0.0185. The van der Waals surface area contributed by atoms with Crippen LogP contribution in [-0.2, 0) is 4.79 Å². The molecule has 4 heterocycles. The van der Waals surface area contributed by atoms with Gasteiger partial charge in [-0.25, -0.2) is 0 Å². The smallest absolute Gasteiger partial charge is 0.241 e. The highest BCUT2D eigenvalue weighted by molar-refractivity contribution is 6.02. The number of hydrogen-bond donors (Lipinski definition) is 1. The maximum Gasteiger partial charge on any atom is 0.241 e. The zero-order valence-corrected chi connectivity index (χ0v) is 17.8. The molecule has 8 nitrogen and oxygen atoms in total. The van der Waals surface area contributed by atoms with Crippen LogP contribution in [0.4, 0.5) is 5.69 Å². The molecule has 0 bridgehead atoms. The number of nitrogens with one attached hydrogen (secondary N) is 1. The van der Waals surface area contributed by atoms with Crippen molar-refractivity contribution in [3.05, 3.63) is 66.8 Å². The van der Waals surface area contributed by atoms with Gasteiger partial charge in [0.25, 0.3) is 0 Å². The fraction of sp³-hybridized carbons (Fsp3) is 0.292. The lowest BCUT2D eigenvalue weighted by Gasteiger charge is -2.34. The first-order valence-corrected chi connectivity index (χ1v) is 10.8. The Labute approximate surface area is 185 Å². The summed E-state index contributed by atoms with van der Waals surface area (Å²) in [6, 6.07) is 15.0. The fourth-order valence-corrected chi connectivity index (χ4v) is 4.15. The summed E-state index contributed by atoms with van der Waals surface area (Å²) in [6.07, 6.45) is 5.19. The molecular weight excluding hydrogens is 404 g/mol. The van der Waals surface area contributed by atoms with Crippen LogP contribution in [0.25, 0.3) is 22.4 Å². The van der Waals surface area contributed by atoms with Gasteiger partial charge in [-0.3, -0.25) is 19.7 Å². The number of carbonyl (C=O) groups excluding carboxylic acids is 1. The minimum Gasteiger partial charge on any atom is -0.339 e. The van der Waals surface area contributed by atoms with Gasteiger partial charge in [0.15, 0.2) is 0 Å². The molecule has 0 saturated carbocycles. The van der Waals surface area contributed by atoms with E-state index in [1.165, 1.54) is 0 Å². The van der Waals surface area contributed by atoms with E-state index in [2.05, 4.69) is 30.3 Å². The Bertz CT molecular complexity index is 1210. The molecule has 162 valence electrons. The van der Waals surface area contributed by atoms with Crippen molar-refractivity contribution in [2.45, 2.75) is 31.7 Å². The second-order valence-corrected chi connectivity index (χ2v) is 8.02. The van der Waals surface area contributed by atoms with Gasteiger partial charge in [0.2, 0.25) is 17.6 Å². The van der Waals surface area contributed by atoms with Gasteiger partial charge < -0.3 is 9.84 Å². The van der Waals surface area contributed by atoms with Crippen molar-refractivity contribution >= 4 is 22.5 Å². The fourth-order valence-electron chi connectivity index (χ4n) is 4.15. The molecular formula is C24H24N6O2. The molecule has 5 rings (SSSR count). The summed E-state index contributed by atoms with van der Waals surface area (Å²) < 4.78 is 5.52. The third kappa shape index (κ3) is 4.09. The summed E-state index contributed by atoms with van der Waals surface area (Å²) in [5, 5.41) is 8.10. The van der Waals surface area contributed by atoms with Gasteiger partial charge >= 0.3 is 0 Å². The van der Waals surface area contributed by atoms with Gasteiger partial charge in [-0.15, -0.1) is 0 Å². The number of amides is 1.